The maximum Gasteiger partial charge on any atom is 0.227 e. The summed E-state index contributed by atoms with van der Waals surface area (Å²) in [6, 6.07) is 0. The van der Waals surface area contributed by atoms with Gasteiger partial charge in [0.05, 0.1) is 18.3 Å². The zero-order valence-electron chi connectivity index (χ0n) is 16.9. The van der Waals surface area contributed by atoms with Crippen molar-refractivity contribution in [2.75, 3.05) is 43.5 Å². The molecule has 9 nitrogen and oxygen atoms in total. The van der Waals surface area contributed by atoms with Gasteiger partial charge in [-0.1, -0.05) is 12.1 Å². The molecule has 0 aliphatic carbocycles. The number of aliphatic hydroxyl groups excluding tert-OH is 1. The van der Waals surface area contributed by atoms with Gasteiger partial charge < -0.3 is 19.4 Å². The summed E-state index contributed by atoms with van der Waals surface area (Å²) in [5.41, 5.74) is 2.31. The predicted molar refractivity (Wildman–Crippen MR) is 105 cm³/mol. The molecule has 152 valence electrons. The molecule has 28 heavy (non-hydrogen) atoms. The van der Waals surface area contributed by atoms with Crippen LogP contribution in [0.25, 0.3) is 0 Å². The second kappa shape index (κ2) is 8.00. The Morgan fingerprint density at radius 2 is 1.93 bits per heavy atom. The van der Waals surface area contributed by atoms with Crippen LogP contribution in [-0.4, -0.2) is 69.9 Å². The molecule has 2 aromatic rings. The first kappa shape index (κ1) is 19.1. The monoisotopic (exact) mass is 387 g/mol. The predicted octanol–water partition coefficient (Wildman–Crippen LogP) is 1.01. The molecule has 0 saturated carbocycles. The fourth-order valence-electron chi connectivity index (χ4n) is 3.81. The highest BCUT2D eigenvalue weighted by molar-refractivity contribution is 5.54. The van der Waals surface area contributed by atoms with Crippen LogP contribution in [-0.2, 0) is 25.9 Å². The Bertz CT molecular complexity index is 815. The van der Waals surface area contributed by atoms with Gasteiger partial charge in [0.2, 0.25) is 11.8 Å². The highest BCUT2D eigenvalue weighted by Crippen LogP contribution is 2.30. The maximum atomic E-state index is 9.88. The summed E-state index contributed by atoms with van der Waals surface area (Å²) in [6.45, 7) is 6.00. The number of nitrogens with zero attached hydrogens (tertiary/aromatic N) is 7. The number of hydrogen-bond acceptors (Lipinski definition) is 9. The smallest absolute Gasteiger partial charge is 0.227 e. The highest BCUT2D eigenvalue weighted by atomic mass is 16.5. The van der Waals surface area contributed by atoms with Crippen LogP contribution in [0, 0.1) is 0 Å². The van der Waals surface area contributed by atoms with Crippen molar-refractivity contribution in [2.45, 2.75) is 51.8 Å². The Morgan fingerprint density at radius 3 is 2.61 bits per heavy atom. The number of piperidine rings is 1. The SMILES string of the molecule is CCc1nc(CN2CCc3nc(N(C)C)nc(N4CCC(O)CC4)c3C2)no1. The lowest BCUT2D eigenvalue weighted by atomic mass is 10.0. The van der Waals surface area contributed by atoms with Crippen molar-refractivity contribution in [1.29, 1.82) is 0 Å². The molecule has 1 saturated heterocycles. The normalized spacial score (nSPS) is 18.4. The van der Waals surface area contributed by atoms with Crippen LogP contribution in [0.2, 0.25) is 0 Å². The van der Waals surface area contributed by atoms with Crippen molar-refractivity contribution >= 4 is 11.8 Å². The van der Waals surface area contributed by atoms with Crippen LogP contribution >= 0.6 is 0 Å². The van der Waals surface area contributed by atoms with Crippen LogP contribution in [0.15, 0.2) is 4.52 Å². The van der Waals surface area contributed by atoms with Crippen molar-refractivity contribution in [3.8, 4) is 0 Å². The van der Waals surface area contributed by atoms with Crippen molar-refractivity contribution in [1.82, 2.24) is 25.0 Å². The van der Waals surface area contributed by atoms with Crippen LogP contribution < -0.4 is 9.80 Å². The largest absolute Gasteiger partial charge is 0.393 e. The second-order valence-electron chi connectivity index (χ2n) is 7.80. The highest BCUT2D eigenvalue weighted by Gasteiger charge is 2.28. The fraction of sp³-hybridized carbons (Fsp3) is 0.684. The number of rotatable bonds is 5. The van der Waals surface area contributed by atoms with Crippen LogP contribution in [0.4, 0.5) is 11.8 Å². The van der Waals surface area contributed by atoms with E-state index in [0.717, 1.165) is 75.1 Å². The Hall–Kier alpha value is -2.26. The van der Waals surface area contributed by atoms with Gasteiger partial charge in [0.1, 0.15) is 5.82 Å². The number of aliphatic hydroxyl groups is 1. The number of aryl methyl sites for hydroxylation is 1. The zero-order valence-corrected chi connectivity index (χ0v) is 16.9. The number of fused-ring (bicyclic) bond motifs is 1. The van der Waals surface area contributed by atoms with E-state index in [1.165, 1.54) is 5.56 Å². The molecule has 0 bridgehead atoms. The van der Waals surface area contributed by atoms with E-state index in [2.05, 4.69) is 19.9 Å². The van der Waals surface area contributed by atoms with Crippen molar-refractivity contribution in [3.63, 3.8) is 0 Å². The molecule has 0 radical (unpaired) electrons. The molecule has 0 amide bonds. The number of hydrogen-bond donors (Lipinski definition) is 1. The fourth-order valence-corrected chi connectivity index (χ4v) is 3.81. The minimum Gasteiger partial charge on any atom is -0.393 e. The summed E-state index contributed by atoms with van der Waals surface area (Å²) < 4.78 is 5.25. The van der Waals surface area contributed by atoms with E-state index in [4.69, 9.17) is 14.5 Å². The van der Waals surface area contributed by atoms with Crippen LogP contribution in [0.1, 0.15) is 42.7 Å². The third-order valence-electron chi connectivity index (χ3n) is 5.45. The lowest BCUT2D eigenvalue weighted by molar-refractivity contribution is 0.145. The molecule has 0 atom stereocenters. The first-order valence-corrected chi connectivity index (χ1v) is 10.1. The summed E-state index contributed by atoms with van der Waals surface area (Å²) in [5.74, 6) is 3.17. The zero-order chi connectivity index (χ0) is 19.7. The van der Waals surface area contributed by atoms with Crippen LogP contribution in [0.3, 0.4) is 0 Å². The van der Waals surface area contributed by atoms with Gasteiger partial charge >= 0.3 is 0 Å². The Balaban J connectivity index is 1.59. The summed E-state index contributed by atoms with van der Waals surface area (Å²) in [7, 11) is 3.95. The van der Waals surface area contributed by atoms with E-state index >= 15 is 0 Å². The molecule has 2 aromatic heterocycles. The molecule has 0 spiro atoms. The van der Waals surface area contributed by atoms with E-state index in [1.54, 1.807) is 0 Å². The van der Waals surface area contributed by atoms with Crippen molar-refractivity contribution in [2.24, 2.45) is 0 Å². The quantitative estimate of drug-likeness (QED) is 0.806. The Kier molecular flexibility index (Phi) is 5.45. The topological polar surface area (TPSA) is 94.7 Å². The van der Waals surface area contributed by atoms with Crippen molar-refractivity contribution < 1.29 is 9.63 Å². The van der Waals surface area contributed by atoms with E-state index in [9.17, 15) is 5.11 Å². The summed E-state index contributed by atoms with van der Waals surface area (Å²) in [5, 5.41) is 14.0. The van der Waals surface area contributed by atoms with E-state index < -0.39 is 0 Å². The summed E-state index contributed by atoms with van der Waals surface area (Å²) in [6.07, 6.45) is 2.98. The van der Waals surface area contributed by atoms with Crippen LogP contribution in [0.5, 0.6) is 0 Å². The van der Waals surface area contributed by atoms with Gasteiger partial charge in [-0.15, -0.1) is 0 Å². The van der Waals surface area contributed by atoms with Gasteiger partial charge in [-0.25, -0.2) is 4.98 Å². The average Bonchev–Trinajstić information content (AvgIpc) is 3.15. The molecule has 4 rings (SSSR count). The molecular formula is C19H29N7O2. The summed E-state index contributed by atoms with van der Waals surface area (Å²) >= 11 is 0. The maximum absolute atomic E-state index is 9.88. The third kappa shape index (κ3) is 3.95. The molecule has 2 aliphatic heterocycles. The molecule has 0 aromatic carbocycles. The number of anilines is 2. The van der Waals surface area contributed by atoms with E-state index in [-0.39, 0.29) is 6.10 Å². The van der Waals surface area contributed by atoms with Gasteiger partial charge in [0.25, 0.3) is 0 Å². The Labute approximate surface area is 165 Å². The lowest BCUT2D eigenvalue weighted by Crippen LogP contribution is -2.39. The van der Waals surface area contributed by atoms with Gasteiger partial charge in [-0.3, -0.25) is 4.90 Å². The van der Waals surface area contributed by atoms with Crippen molar-refractivity contribution in [3.05, 3.63) is 23.0 Å². The minimum absolute atomic E-state index is 0.204. The minimum atomic E-state index is -0.204. The molecule has 4 heterocycles. The standard InChI is InChI=1S/C19H29N7O2/c1-4-17-21-16(23-28-17)12-25-8-7-15-14(11-25)18(22-19(20-15)24(2)3)26-9-5-13(27)6-10-26/h13,27H,4-12H2,1-3H3. The van der Waals surface area contributed by atoms with E-state index in [0.29, 0.717) is 12.4 Å². The second-order valence-corrected chi connectivity index (χ2v) is 7.80. The molecule has 9 heteroatoms. The first-order chi connectivity index (χ1) is 13.5. The molecule has 2 aliphatic rings. The lowest BCUT2D eigenvalue weighted by Gasteiger charge is -2.35. The van der Waals surface area contributed by atoms with E-state index in [1.807, 2.05) is 25.9 Å². The molecular weight excluding hydrogens is 358 g/mol. The third-order valence-corrected chi connectivity index (χ3v) is 5.45. The van der Waals surface area contributed by atoms with Gasteiger partial charge in [-0.2, -0.15) is 9.97 Å². The summed E-state index contributed by atoms with van der Waals surface area (Å²) in [4.78, 5) is 20.7. The average molecular weight is 387 g/mol. The molecule has 1 fully saturated rings. The van der Waals surface area contributed by atoms with Gasteiger partial charge in [0.15, 0.2) is 5.82 Å². The van der Waals surface area contributed by atoms with Gasteiger partial charge in [-0.05, 0) is 12.8 Å². The first-order valence-electron chi connectivity index (χ1n) is 10.1. The van der Waals surface area contributed by atoms with Gasteiger partial charge in [0, 0.05) is 58.7 Å². The molecule has 1 N–H and O–H groups in total. The number of aromatic nitrogens is 4. The Morgan fingerprint density at radius 1 is 1.14 bits per heavy atom. The molecule has 0 unspecified atom stereocenters.